The fraction of sp³-hybridized carbons (Fsp3) is 0. The fourth-order valence-corrected chi connectivity index (χ4v) is 7.38. The van der Waals surface area contributed by atoms with Crippen LogP contribution >= 0.6 is 0 Å². The Kier molecular flexibility index (Phi) is 5.32. The first-order valence-corrected chi connectivity index (χ1v) is 16.3. The number of rotatable bonds is 3. The van der Waals surface area contributed by atoms with E-state index in [0.717, 1.165) is 88.0 Å². The fourth-order valence-electron chi connectivity index (χ4n) is 7.38. The second-order valence-corrected chi connectivity index (χ2v) is 12.5. The van der Waals surface area contributed by atoms with E-state index in [0.29, 0.717) is 11.4 Å². The molecule has 0 amide bonds. The van der Waals surface area contributed by atoms with Crippen molar-refractivity contribution in [2.45, 2.75) is 0 Å². The number of nitrogens with zero attached hydrogens (tertiary/aromatic N) is 2. The second kappa shape index (κ2) is 9.89. The molecule has 4 heterocycles. The Morgan fingerprint density at radius 3 is 1.86 bits per heavy atom. The predicted octanol–water partition coefficient (Wildman–Crippen LogP) is 12.3. The molecule has 0 aliphatic rings. The summed E-state index contributed by atoms with van der Waals surface area (Å²) in [5.74, 6) is 0.600. The third-order valence-electron chi connectivity index (χ3n) is 9.69. The van der Waals surface area contributed by atoms with E-state index >= 15 is 0 Å². The van der Waals surface area contributed by atoms with Crippen molar-refractivity contribution in [1.29, 1.82) is 0 Å². The van der Waals surface area contributed by atoms with Crippen molar-refractivity contribution in [1.82, 2.24) is 9.97 Å². The van der Waals surface area contributed by atoms with Crippen molar-refractivity contribution in [2.75, 3.05) is 0 Å². The Bertz CT molecular complexity index is 3110. The van der Waals surface area contributed by atoms with Crippen LogP contribution in [0.25, 0.3) is 110 Å². The molecule has 0 radical (unpaired) electrons. The van der Waals surface area contributed by atoms with Gasteiger partial charge in [-0.1, -0.05) is 91.0 Å². The monoisotopic (exact) mass is 628 g/mol. The molecule has 11 rings (SSSR count). The minimum atomic E-state index is 0.600. The van der Waals surface area contributed by atoms with Crippen molar-refractivity contribution in [3.05, 3.63) is 146 Å². The Morgan fingerprint density at radius 2 is 1.00 bits per heavy atom. The highest BCUT2D eigenvalue weighted by atomic mass is 16.3. The minimum absolute atomic E-state index is 0.600. The summed E-state index contributed by atoms with van der Waals surface area (Å²) in [7, 11) is 0. The lowest BCUT2D eigenvalue weighted by atomic mass is 9.95. The lowest BCUT2D eigenvalue weighted by Crippen LogP contribution is -1.94. The van der Waals surface area contributed by atoms with Gasteiger partial charge in [0.25, 0.3) is 0 Å². The van der Waals surface area contributed by atoms with Gasteiger partial charge >= 0.3 is 0 Å². The number of hydrogen-bond donors (Lipinski definition) is 0. The van der Waals surface area contributed by atoms with Gasteiger partial charge in [-0.25, -0.2) is 9.97 Å². The smallest absolute Gasteiger partial charge is 0.180 e. The average molecular weight is 629 g/mol. The molecule has 0 bridgehead atoms. The maximum absolute atomic E-state index is 6.67. The summed E-state index contributed by atoms with van der Waals surface area (Å²) in [6.07, 6.45) is 0. The first-order chi connectivity index (χ1) is 24.3. The number of aromatic nitrogens is 2. The molecule has 0 aliphatic heterocycles. The van der Waals surface area contributed by atoms with Crippen molar-refractivity contribution in [3.63, 3.8) is 0 Å². The maximum Gasteiger partial charge on any atom is 0.180 e. The molecule has 0 N–H and O–H groups in total. The summed E-state index contributed by atoms with van der Waals surface area (Å²) in [6.45, 7) is 0. The number of furan rings is 3. The topological polar surface area (TPSA) is 65.2 Å². The zero-order valence-corrected chi connectivity index (χ0v) is 26.0. The normalized spacial score (nSPS) is 12.1. The SMILES string of the molecule is c1ccc(-c2cc3c4ccc(-c5nc(-c6ccc7oc8ccccc8c7c6)c6oc7ccccc7c6n5)cc4oc3c3ccccc23)cc1. The van der Waals surface area contributed by atoms with Crippen LogP contribution in [0.3, 0.4) is 0 Å². The third kappa shape index (κ3) is 3.87. The number of benzene rings is 7. The van der Waals surface area contributed by atoms with E-state index in [4.69, 9.17) is 23.2 Å². The molecule has 49 heavy (non-hydrogen) atoms. The van der Waals surface area contributed by atoms with Gasteiger partial charge in [-0.3, -0.25) is 0 Å². The summed E-state index contributed by atoms with van der Waals surface area (Å²) in [5.41, 5.74) is 10.4. The van der Waals surface area contributed by atoms with Gasteiger partial charge in [-0.2, -0.15) is 0 Å². The molecule has 0 fully saturated rings. The van der Waals surface area contributed by atoms with E-state index in [1.807, 2.05) is 60.7 Å². The summed E-state index contributed by atoms with van der Waals surface area (Å²) >= 11 is 0. The lowest BCUT2D eigenvalue weighted by Gasteiger charge is -2.08. The van der Waals surface area contributed by atoms with Crippen molar-refractivity contribution in [3.8, 4) is 33.8 Å². The first-order valence-electron chi connectivity index (χ1n) is 16.3. The maximum atomic E-state index is 6.67. The standard InChI is InChI=1S/C44H24N2O3/c1-2-10-25(11-3-1)33-24-35-30-20-18-27(23-39(30)49-42(35)31-14-5-4-12-28(31)33)44-45-40(43-41(46-44)32-15-7-9-17-37(32)48-43)26-19-21-38-34(22-26)29-13-6-8-16-36(29)47-38/h1-24H. The van der Waals surface area contributed by atoms with Gasteiger partial charge in [0, 0.05) is 43.4 Å². The molecule has 0 unspecified atom stereocenters. The van der Waals surface area contributed by atoms with E-state index in [-0.39, 0.29) is 0 Å². The predicted molar refractivity (Wildman–Crippen MR) is 198 cm³/mol. The molecule has 0 aliphatic carbocycles. The largest absolute Gasteiger partial charge is 0.456 e. The minimum Gasteiger partial charge on any atom is -0.456 e. The van der Waals surface area contributed by atoms with E-state index < -0.39 is 0 Å². The molecule has 7 aromatic carbocycles. The van der Waals surface area contributed by atoms with Crippen LogP contribution in [0, 0.1) is 0 Å². The van der Waals surface area contributed by atoms with Crippen LogP contribution < -0.4 is 0 Å². The molecule has 0 saturated heterocycles. The van der Waals surface area contributed by atoms with Crippen LogP contribution in [-0.4, -0.2) is 9.97 Å². The highest BCUT2D eigenvalue weighted by Gasteiger charge is 2.21. The number of fused-ring (bicyclic) bond motifs is 11. The Balaban J connectivity index is 1.15. The molecular formula is C44H24N2O3. The van der Waals surface area contributed by atoms with Gasteiger partial charge in [0.1, 0.15) is 39.1 Å². The molecule has 0 saturated carbocycles. The lowest BCUT2D eigenvalue weighted by molar-refractivity contribution is 0.666. The van der Waals surface area contributed by atoms with Gasteiger partial charge in [0.15, 0.2) is 11.4 Å². The summed E-state index contributed by atoms with van der Waals surface area (Å²) in [5, 5.41) is 7.42. The quantitative estimate of drug-likeness (QED) is 0.195. The highest BCUT2D eigenvalue weighted by Crippen LogP contribution is 2.42. The van der Waals surface area contributed by atoms with Gasteiger partial charge < -0.3 is 13.3 Å². The van der Waals surface area contributed by atoms with E-state index in [1.54, 1.807) is 0 Å². The zero-order chi connectivity index (χ0) is 32.1. The highest BCUT2D eigenvalue weighted by molar-refractivity contribution is 6.19. The molecule has 11 aromatic rings. The molecule has 0 atom stereocenters. The van der Waals surface area contributed by atoms with Crippen LogP contribution in [0.15, 0.2) is 159 Å². The molecule has 5 nitrogen and oxygen atoms in total. The van der Waals surface area contributed by atoms with E-state index in [2.05, 4.69) is 84.9 Å². The first kappa shape index (κ1) is 26.4. The molecule has 5 heteroatoms. The molecular weight excluding hydrogens is 604 g/mol. The molecule has 228 valence electrons. The van der Waals surface area contributed by atoms with Gasteiger partial charge in [0.05, 0.1) is 0 Å². The Morgan fingerprint density at radius 1 is 0.347 bits per heavy atom. The van der Waals surface area contributed by atoms with E-state index in [9.17, 15) is 0 Å². The summed E-state index contributed by atoms with van der Waals surface area (Å²) in [6, 6.07) is 49.8. The summed E-state index contributed by atoms with van der Waals surface area (Å²) < 4.78 is 19.2. The van der Waals surface area contributed by atoms with E-state index in [1.165, 1.54) is 11.1 Å². The Hall–Kier alpha value is -6.72. The zero-order valence-electron chi connectivity index (χ0n) is 26.0. The molecule has 0 spiro atoms. The van der Waals surface area contributed by atoms with Crippen molar-refractivity contribution < 1.29 is 13.3 Å². The third-order valence-corrected chi connectivity index (χ3v) is 9.69. The molecule has 4 aromatic heterocycles. The van der Waals surface area contributed by atoms with Crippen molar-refractivity contribution in [2.24, 2.45) is 0 Å². The summed E-state index contributed by atoms with van der Waals surface area (Å²) in [4.78, 5) is 10.3. The van der Waals surface area contributed by atoms with Crippen LogP contribution in [-0.2, 0) is 0 Å². The van der Waals surface area contributed by atoms with Crippen LogP contribution in [0.5, 0.6) is 0 Å². The van der Waals surface area contributed by atoms with Gasteiger partial charge in [-0.15, -0.1) is 0 Å². The Labute approximate surface area is 278 Å². The van der Waals surface area contributed by atoms with Gasteiger partial charge in [0.2, 0.25) is 0 Å². The van der Waals surface area contributed by atoms with Crippen LogP contribution in [0.1, 0.15) is 0 Å². The van der Waals surface area contributed by atoms with Crippen LogP contribution in [0.4, 0.5) is 0 Å². The van der Waals surface area contributed by atoms with Gasteiger partial charge in [-0.05, 0) is 71.1 Å². The van der Waals surface area contributed by atoms with Crippen LogP contribution in [0.2, 0.25) is 0 Å². The number of hydrogen-bond acceptors (Lipinski definition) is 5. The average Bonchev–Trinajstić information content (AvgIpc) is 3.85. The number of para-hydroxylation sites is 2. The van der Waals surface area contributed by atoms with Crippen molar-refractivity contribution >= 4 is 76.7 Å². The second-order valence-electron chi connectivity index (χ2n) is 12.5.